The van der Waals surface area contributed by atoms with Crippen molar-refractivity contribution >= 4 is 27.3 Å². The van der Waals surface area contributed by atoms with Gasteiger partial charge < -0.3 is 5.32 Å². The van der Waals surface area contributed by atoms with Crippen LogP contribution in [0.5, 0.6) is 0 Å². The summed E-state index contributed by atoms with van der Waals surface area (Å²) in [5.41, 5.74) is 0.611. The van der Waals surface area contributed by atoms with Crippen molar-refractivity contribution in [3.8, 4) is 0 Å². The summed E-state index contributed by atoms with van der Waals surface area (Å²) in [4.78, 5) is 4.19. The molecule has 2 nitrogen and oxygen atoms in total. The molecule has 1 saturated heterocycles. The van der Waals surface area contributed by atoms with Gasteiger partial charge in [0.05, 0.1) is 3.79 Å². The first-order chi connectivity index (χ1) is 9.80. The van der Waals surface area contributed by atoms with E-state index in [1.165, 1.54) is 21.5 Å². The molecule has 1 aromatic rings. The molecule has 1 aliphatic heterocycles. The Morgan fingerprint density at radius 3 is 2.48 bits per heavy atom. The van der Waals surface area contributed by atoms with Crippen LogP contribution >= 0.6 is 27.3 Å². The third kappa shape index (κ3) is 3.90. The van der Waals surface area contributed by atoms with E-state index in [2.05, 4.69) is 72.9 Å². The first-order valence-electron chi connectivity index (χ1n) is 8.03. The quantitative estimate of drug-likeness (QED) is 0.808. The van der Waals surface area contributed by atoms with Gasteiger partial charge >= 0.3 is 0 Å². The SMILES string of the molecule is CCC1(CC)CNC(C(C)(C)C)CN1Cc1ccc(Br)s1. The minimum absolute atomic E-state index is 0.304. The Bertz CT molecular complexity index is 460. The maximum absolute atomic E-state index is 3.83. The van der Waals surface area contributed by atoms with Crippen molar-refractivity contribution in [3.05, 3.63) is 20.8 Å². The van der Waals surface area contributed by atoms with Gasteiger partial charge in [-0.1, -0.05) is 34.6 Å². The predicted octanol–water partition coefficient (Wildman–Crippen LogP) is 4.89. The lowest BCUT2D eigenvalue weighted by atomic mass is 9.80. The number of hydrogen-bond donors (Lipinski definition) is 1. The second-order valence-electron chi connectivity index (χ2n) is 7.32. The van der Waals surface area contributed by atoms with Gasteiger partial charge in [-0.15, -0.1) is 11.3 Å². The lowest BCUT2D eigenvalue weighted by Crippen LogP contribution is -2.66. The molecule has 0 spiro atoms. The molecule has 120 valence electrons. The van der Waals surface area contributed by atoms with Gasteiger partial charge in [0.1, 0.15) is 0 Å². The van der Waals surface area contributed by atoms with Gasteiger partial charge in [-0.3, -0.25) is 4.90 Å². The van der Waals surface area contributed by atoms with Gasteiger partial charge in [0.2, 0.25) is 0 Å². The molecular formula is C17H29BrN2S. The molecule has 2 heterocycles. The summed E-state index contributed by atoms with van der Waals surface area (Å²) < 4.78 is 1.23. The summed E-state index contributed by atoms with van der Waals surface area (Å²) in [6, 6.07) is 4.99. The number of halogens is 1. The standard InChI is InChI=1S/C17H29BrN2S/c1-6-17(7-2)12-19-14(16(3,4)5)11-20(17)10-13-8-9-15(18)21-13/h8-9,14,19H,6-7,10-12H2,1-5H3. The van der Waals surface area contributed by atoms with Crippen LogP contribution in [0.4, 0.5) is 0 Å². The fourth-order valence-electron chi connectivity index (χ4n) is 3.29. The third-order valence-corrected chi connectivity index (χ3v) is 6.70. The molecule has 21 heavy (non-hydrogen) atoms. The van der Waals surface area contributed by atoms with E-state index in [-0.39, 0.29) is 0 Å². The van der Waals surface area contributed by atoms with Gasteiger partial charge in [-0.05, 0) is 46.3 Å². The Labute approximate surface area is 142 Å². The highest BCUT2D eigenvalue weighted by atomic mass is 79.9. The molecule has 0 saturated carbocycles. The average molecular weight is 373 g/mol. The van der Waals surface area contributed by atoms with E-state index in [4.69, 9.17) is 0 Å². The zero-order chi connectivity index (χ0) is 15.7. The fraction of sp³-hybridized carbons (Fsp3) is 0.765. The molecular weight excluding hydrogens is 344 g/mol. The van der Waals surface area contributed by atoms with Gasteiger partial charge in [0.25, 0.3) is 0 Å². The predicted molar refractivity (Wildman–Crippen MR) is 97.0 cm³/mol. The Hall–Kier alpha value is 0.1000. The molecule has 1 aromatic heterocycles. The highest BCUT2D eigenvalue weighted by molar-refractivity contribution is 9.11. The van der Waals surface area contributed by atoms with Crippen molar-refractivity contribution in [1.82, 2.24) is 10.2 Å². The third-order valence-electron chi connectivity index (χ3n) is 5.09. The lowest BCUT2D eigenvalue weighted by molar-refractivity contribution is 0.00216. The van der Waals surface area contributed by atoms with Crippen LogP contribution < -0.4 is 5.32 Å². The fourth-order valence-corrected chi connectivity index (χ4v) is 4.79. The maximum Gasteiger partial charge on any atom is 0.0701 e. The molecule has 0 aromatic carbocycles. The zero-order valence-corrected chi connectivity index (χ0v) is 16.4. The summed E-state index contributed by atoms with van der Waals surface area (Å²) in [5.74, 6) is 0. The molecule has 1 atom stereocenters. The Balaban J connectivity index is 2.20. The van der Waals surface area contributed by atoms with Crippen LogP contribution in [0, 0.1) is 5.41 Å². The van der Waals surface area contributed by atoms with Gasteiger partial charge in [-0.2, -0.15) is 0 Å². The number of hydrogen-bond acceptors (Lipinski definition) is 3. The molecule has 1 unspecified atom stereocenters. The minimum Gasteiger partial charge on any atom is -0.310 e. The van der Waals surface area contributed by atoms with Crippen molar-refractivity contribution < 1.29 is 0 Å². The molecule has 2 rings (SSSR count). The molecule has 0 aliphatic carbocycles. The van der Waals surface area contributed by atoms with Gasteiger partial charge in [0.15, 0.2) is 0 Å². The van der Waals surface area contributed by atoms with Gasteiger partial charge in [-0.25, -0.2) is 0 Å². The molecule has 4 heteroatoms. The van der Waals surface area contributed by atoms with Crippen LogP contribution in [-0.4, -0.2) is 29.6 Å². The van der Waals surface area contributed by atoms with Crippen molar-refractivity contribution in [2.24, 2.45) is 5.41 Å². The number of thiophene rings is 1. The topological polar surface area (TPSA) is 15.3 Å². The normalized spacial score (nSPS) is 23.4. The molecule has 1 aliphatic rings. The summed E-state index contributed by atoms with van der Waals surface area (Å²) in [6.07, 6.45) is 2.42. The minimum atomic E-state index is 0.304. The summed E-state index contributed by atoms with van der Waals surface area (Å²) in [5, 5.41) is 3.83. The smallest absolute Gasteiger partial charge is 0.0701 e. The second-order valence-corrected chi connectivity index (χ2v) is 9.86. The Morgan fingerprint density at radius 1 is 1.33 bits per heavy atom. The molecule has 0 radical (unpaired) electrons. The first kappa shape index (κ1) is 17.5. The molecule has 0 amide bonds. The van der Waals surface area contributed by atoms with Crippen LogP contribution in [0.2, 0.25) is 0 Å². The van der Waals surface area contributed by atoms with E-state index < -0.39 is 0 Å². The van der Waals surface area contributed by atoms with E-state index in [0.29, 0.717) is 17.0 Å². The lowest BCUT2D eigenvalue weighted by Gasteiger charge is -2.52. The summed E-state index contributed by atoms with van der Waals surface area (Å²) in [6.45, 7) is 15.0. The monoisotopic (exact) mass is 372 g/mol. The number of nitrogens with zero attached hydrogens (tertiary/aromatic N) is 1. The van der Waals surface area contributed by atoms with Crippen molar-refractivity contribution in [2.75, 3.05) is 13.1 Å². The largest absolute Gasteiger partial charge is 0.310 e. The van der Waals surface area contributed by atoms with Crippen molar-refractivity contribution in [2.45, 2.75) is 65.6 Å². The van der Waals surface area contributed by atoms with Crippen LogP contribution in [0.25, 0.3) is 0 Å². The zero-order valence-electron chi connectivity index (χ0n) is 14.0. The molecule has 1 N–H and O–H groups in total. The summed E-state index contributed by atoms with van der Waals surface area (Å²) in [7, 11) is 0. The Morgan fingerprint density at radius 2 is 2.00 bits per heavy atom. The second kappa shape index (κ2) is 6.69. The van der Waals surface area contributed by atoms with E-state index in [1.807, 2.05) is 11.3 Å². The highest BCUT2D eigenvalue weighted by Gasteiger charge is 2.41. The van der Waals surface area contributed by atoms with E-state index in [9.17, 15) is 0 Å². The number of nitrogens with one attached hydrogen (secondary N) is 1. The van der Waals surface area contributed by atoms with Crippen LogP contribution in [0.3, 0.4) is 0 Å². The maximum atomic E-state index is 3.83. The number of rotatable bonds is 4. The van der Waals surface area contributed by atoms with Gasteiger partial charge in [0, 0.05) is 36.1 Å². The highest BCUT2D eigenvalue weighted by Crippen LogP contribution is 2.34. The van der Waals surface area contributed by atoms with E-state index >= 15 is 0 Å². The van der Waals surface area contributed by atoms with E-state index in [1.54, 1.807) is 0 Å². The van der Waals surface area contributed by atoms with Crippen LogP contribution in [0.1, 0.15) is 52.3 Å². The van der Waals surface area contributed by atoms with Crippen LogP contribution in [-0.2, 0) is 6.54 Å². The first-order valence-corrected chi connectivity index (χ1v) is 9.64. The van der Waals surface area contributed by atoms with E-state index in [0.717, 1.165) is 19.6 Å². The number of piperazine rings is 1. The van der Waals surface area contributed by atoms with Crippen molar-refractivity contribution in [3.63, 3.8) is 0 Å². The Kier molecular flexibility index (Phi) is 5.56. The summed E-state index contributed by atoms with van der Waals surface area (Å²) >= 11 is 5.46. The molecule has 0 bridgehead atoms. The van der Waals surface area contributed by atoms with Crippen molar-refractivity contribution in [1.29, 1.82) is 0 Å². The molecule has 1 fully saturated rings. The van der Waals surface area contributed by atoms with Crippen LogP contribution in [0.15, 0.2) is 15.9 Å². The average Bonchev–Trinajstić information content (AvgIpc) is 2.83.